The fourth-order valence-electron chi connectivity index (χ4n) is 1.80. The topological polar surface area (TPSA) is 32.8 Å². The van der Waals surface area contributed by atoms with E-state index >= 15 is 0 Å². The maximum atomic E-state index is 8.78. The highest BCUT2D eigenvalue weighted by atomic mass is 16.6. The maximum absolute atomic E-state index is 8.78. The average Bonchev–Trinajstić information content (AvgIpc) is 2.83. The van der Waals surface area contributed by atoms with Gasteiger partial charge in [-0.1, -0.05) is 0 Å². The first-order chi connectivity index (χ1) is 5.31. The Morgan fingerprint density at radius 3 is 2.55 bits per heavy atom. The predicted molar refractivity (Wildman–Crippen MR) is 42.3 cm³/mol. The zero-order valence-electron chi connectivity index (χ0n) is 6.99. The minimum Gasteiger partial charge on any atom is -0.396 e. The van der Waals surface area contributed by atoms with Gasteiger partial charge in [-0.25, -0.2) is 0 Å². The van der Waals surface area contributed by atoms with E-state index in [4.69, 9.17) is 9.84 Å². The van der Waals surface area contributed by atoms with E-state index in [1.165, 1.54) is 19.3 Å². The highest BCUT2D eigenvalue weighted by Crippen LogP contribution is 2.43. The molecule has 2 nitrogen and oxygen atoms in total. The number of aliphatic hydroxyl groups is 1. The molecule has 1 aliphatic heterocycles. The molecule has 2 heteroatoms. The van der Waals surface area contributed by atoms with Crippen molar-refractivity contribution in [3.8, 4) is 0 Å². The van der Waals surface area contributed by atoms with Crippen molar-refractivity contribution in [2.24, 2.45) is 11.8 Å². The third-order valence-corrected chi connectivity index (χ3v) is 2.96. The largest absolute Gasteiger partial charge is 0.396 e. The molecule has 4 atom stereocenters. The van der Waals surface area contributed by atoms with Gasteiger partial charge in [-0.05, 0) is 38.0 Å². The lowest BCUT2D eigenvalue weighted by molar-refractivity contribution is 0.266. The van der Waals surface area contributed by atoms with Crippen molar-refractivity contribution >= 4 is 0 Å². The van der Waals surface area contributed by atoms with Crippen LogP contribution in [0.25, 0.3) is 0 Å². The van der Waals surface area contributed by atoms with E-state index in [1.54, 1.807) is 0 Å². The molecule has 1 N–H and O–H groups in total. The third kappa shape index (κ3) is 1.74. The number of epoxide rings is 1. The molecule has 0 aromatic rings. The van der Waals surface area contributed by atoms with Crippen LogP contribution in [0.1, 0.15) is 26.2 Å². The van der Waals surface area contributed by atoms with Gasteiger partial charge in [-0.3, -0.25) is 0 Å². The minimum absolute atomic E-state index is 0.395. The number of rotatable bonds is 4. The molecule has 1 saturated carbocycles. The summed E-state index contributed by atoms with van der Waals surface area (Å²) in [5.41, 5.74) is 0. The van der Waals surface area contributed by atoms with Gasteiger partial charge in [0.1, 0.15) is 0 Å². The Labute approximate surface area is 67.6 Å². The molecule has 1 saturated heterocycles. The van der Waals surface area contributed by atoms with Crippen molar-refractivity contribution in [3.05, 3.63) is 0 Å². The van der Waals surface area contributed by atoms with Crippen LogP contribution in [-0.2, 0) is 4.74 Å². The van der Waals surface area contributed by atoms with Crippen LogP contribution in [-0.4, -0.2) is 23.9 Å². The van der Waals surface area contributed by atoms with E-state index < -0.39 is 0 Å². The number of aliphatic hydroxyl groups excluding tert-OH is 1. The van der Waals surface area contributed by atoms with Gasteiger partial charge in [0, 0.05) is 6.61 Å². The van der Waals surface area contributed by atoms with Gasteiger partial charge >= 0.3 is 0 Å². The summed E-state index contributed by atoms with van der Waals surface area (Å²) in [5.74, 6) is 1.44. The Morgan fingerprint density at radius 1 is 1.36 bits per heavy atom. The van der Waals surface area contributed by atoms with Crippen LogP contribution in [0.15, 0.2) is 0 Å². The second-order valence-electron chi connectivity index (χ2n) is 3.90. The Balaban J connectivity index is 1.55. The Bertz CT molecular complexity index is 146. The maximum Gasteiger partial charge on any atom is 0.0839 e. The van der Waals surface area contributed by atoms with Crippen molar-refractivity contribution in [3.63, 3.8) is 0 Å². The lowest BCUT2D eigenvalue weighted by atomic mass is 10.1. The molecule has 0 aromatic carbocycles. The van der Waals surface area contributed by atoms with Gasteiger partial charge in [0.15, 0.2) is 0 Å². The van der Waals surface area contributed by atoms with Crippen molar-refractivity contribution in [2.75, 3.05) is 6.61 Å². The highest BCUT2D eigenvalue weighted by Gasteiger charge is 2.39. The first-order valence-electron chi connectivity index (χ1n) is 4.57. The first kappa shape index (κ1) is 7.56. The second kappa shape index (κ2) is 2.76. The fourth-order valence-corrected chi connectivity index (χ4v) is 1.80. The molecule has 1 aliphatic carbocycles. The smallest absolute Gasteiger partial charge is 0.0839 e. The molecular weight excluding hydrogens is 140 g/mol. The summed E-state index contributed by atoms with van der Waals surface area (Å²) in [6, 6.07) is 0. The third-order valence-electron chi connectivity index (χ3n) is 2.96. The van der Waals surface area contributed by atoms with Crippen LogP contribution >= 0.6 is 0 Å². The summed E-state index contributed by atoms with van der Waals surface area (Å²) in [4.78, 5) is 0. The van der Waals surface area contributed by atoms with Crippen molar-refractivity contribution in [1.29, 1.82) is 0 Å². The standard InChI is InChI=1S/C9H16O2/c1-6-9(11-6)3-2-7-4-8(7)5-10/h6-10H,2-5H2,1H3. The summed E-state index contributed by atoms with van der Waals surface area (Å²) in [6.07, 6.45) is 4.79. The molecule has 4 unspecified atom stereocenters. The van der Waals surface area contributed by atoms with E-state index in [0.29, 0.717) is 24.7 Å². The molecule has 0 radical (unpaired) electrons. The highest BCUT2D eigenvalue weighted by molar-refractivity contribution is 4.89. The minimum atomic E-state index is 0.395. The predicted octanol–water partition coefficient (Wildman–Crippen LogP) is 1.18. The van der Waals surface area contributed by atoms with Gasteiger partial charge in [-0.15, -0.1) is 0 Å². The molecule has 0 aromatic heterocycles. The van der Waals surface area contributed by atoms with E-state index in [9.17, 15) is 0 Å². The summed E-state index contributed by atoms with van der Waals surface area (Å²) in [5, 5.41) is 8.78. The fraction of sp³-hybridized carbons (Fsp3) is 1.00. The van der Waals surface area contributed by atoms with E-state index in [-0.39, 0.29) is 0 Å². The summed E-state index contributed by atoms with van der Waals surface area (Å²) >= 11 is 0. The lowest BCUT2D eigenvalue weighted by Crippen LogP contribution is -1.93. The lowest BCUT2D eigenvalue weighted by Gasteiger charge is -1.93. The summed E-state index contributed by atoms with van der Waals surface area (Å²) in [7, 11) is 0. The zero-order valence-corrected chi connectivity index (χ0v) is 6.99. The first-order valence-corrected chi connectivity index (χ1v) is 4.57. The van der Waals surface area contributed by atoms with Gasteiger partial charge in [0.05, 0.1) is 12.2 Å². The summed E-state index contributed by atoms with van der Waals surface area (Å²) in [6.45, 7) is 2.52. The van der Waals surface area contributed by atoms with Crippen LogP contribution in [0.4, 0.5) is 0 Å². The van der Waals surface area contributed by atoms with Crippen molar-refractivity contribution in [2.45, 2.75) is 38.4 Å². The van der Waals surface area contributed by atoms with Crippen LogP contribution in [0.2, 0.25) is 0 Å². The van der Waals surface area contributed by atoms with Crippen LogP contribution in [0, 0.1) is 11.8 Å². The van der Waals surface area contributed by atoms with Gasteiger partial charge in [-0.2, -0.15) is 0 Å². The Hall–Kier alpha value is -0.0800. The molecule has 2 rings (SSSR count). The van der Waals surface area contributed by atoms with E-state index in [0.717, 1.165) is 5.92 Å². The zero-order chi connectivity index (χ0) is 7.84. The molecule has 1 heterocycles. The van der Waals surface area contributed by atoms with Crippen LogP contribution in [0.3, 0.4) is 0 Å². The molecule has 11 heavy (non-hydrogen) atoms. The number of ether oxygens (including phenoxy) is 1. The molecule has 2 fully saturated rings. The van der Waals surface area contributed by atoms with Crippen LogP contribution < -0.4 is 0 Å². The summed E-state index contributed by atoms with van der Waals surface area (Å²) < 4.78 is 5.30. The molecule has 0 bridgehead atoms. The SMILES string of the molecule is CC1OC1CCC1CC1CO. The Morgan fingerprint density at radius 2 is 2.09 bits per heavy atom. The molecule has 0 spiro atoms. The average molecular weight is 156 g/mol. The quantitative estimate of drug-likeness (QED) is 0.620. The van der Waals surface area contributed by atoms with E-state index in [1.807, 2.05) is 0 Å². The second-order valence-corrected chi connectivity index (χ2v) is 3.90. The Kier molecular flexibility index (Phi) is 1.90. The monoisotopic (exact) mass is 156 g/mol. The van der Waals surface area contributed by atoms with Gasteiger partial charge in [0.25, 0.3) is 0 Å². The molecular formula is C9H16O2. The molecule has 64 valence electrons. The number of hydrogen-bond donors (Lipinski definition) is 1. The van der Waals surface area contributed by atoms with Crippen LogP contribution in [0.5, 0.6) is 0 Å². The van der Waals surface area contributed by atoms with Gasteiger partial charge < -0.3 is 9.84 Å². The number of hydrogen-bond acceptors (Lipinski definition) is 2. The molecule has 0 amide bonds. The van der Waals surface area contributed by atoms with E-state index in [2.05, 4.69) is 6.92 Å². The van der Waals surface area contributed by atoms with Gasteiger partial charge in [0.2, 0.25) is 0 Å². The van der Waals surface area contributed by atoms with Crippen molar-refractivity contribution < 1.29 is 9.84 Å². The molecule has 2 aliphatic rings. The normalized spacial score (nSPS) is 47.5. The van der Waals surface area contributed by atoms with Crippen molar-refractivity contribution in [1.82, 2.24) is 0 Å².